The molecule has 1 amide bonds. The van der Waals surface area contributed by atoms with Crippen molar-refractivity contribution in [3.63, 3.8) is 0 Å². The molecule has 1 aromatic carbocycles. The largest absolute Gasteiger partial charge is 0.330 e. The number of aromatic nitrogens is 2. The summed E-state index contributed by atoms with van der Waals surface area (Å²) in [6.07, 6.45) is 6.66. The molecule has 2 heterocycles. The highest BCUT2D eigenvalue weighted by Gasteiger charge is 2.20. The van der Waals surface area contributed by atoms with Gasteiger partial charge in [0.2, 0.25) is 0 Å². The number of halogens is 2. The van der Waals surface area contributed by atoms with E-state index in [4.69, 9.17) is 11.6 Å². The molecule has 0 spiro atoms. The maximum Gasteiger partial charge on any atom is 0.257 e. The van der Waals surface area contributed by atoms with Gasteiger partial charge in [-0.05, 0) is 47.5 Å². The van der Waals surface area contributed by atoms with Gasteiger partial charge >= 0.3 is 0 Å². The molecule has 0 aliphatic carbocycles. The van der Waals surface area contributed by atoms with E-state index >= 15 is 0 Å². The second kappa shape index (κ2) is 7.85. The average molecular weight is 356 g/mol. The average Bonchev–Trinajstić information content (AvgIpc) is 2.62. The monoisotopic (exact) mass is 355 g/mol. The molecule has 0 bridgehead atoms. The molecule has 2 aromatic heterocycles. The topological polar surface area (TPSA) is 46.1 Å². The van der Waals surface area contributed by atoms with Crippen LogP contribution in [0.1, 0.15) is 21.5 Å². The summed E-state index contributed by atoms with van der Waals surface area (Å²) in [5.41, 5.74) is 1.75. The van der Waals surface area contributed by atoms with Gasteiger partial charge in [0.1, 0.15) is 5.82 Å². The van der Waals surface area contributed by atoms with Gasteiger partial charge in [0.05, 0.1) is 5.56 Å². The standard InChI is InChI=1S/C19H15ClFN3O/c20-16-3-4-17(18(21)10-16)19(25)24(12-14-5-8-22-9-6-14)13-15-2-1-7-23-11-15/h1-11H,12-13H2. The zero-order valence-electron chi connectivity index (χ0n) is 13.3. The number of nitrogens with zero attached hydrogens (tertiary/aromatic N) is 3. The summed E-state index contributed by atoms with van der Waals surface area (Å²) >= 11 is 5.78. The van der Waals surface area contributed by atoms with E-state index in [9.17, 15) is 9.18 Å². The van der Waals surface area contributed by atoms with Crippen molar-refractivity contribution in [2.45, 2.75) is 13.1 Å². The molecule has 126 valence electrons. The summed E-state index contributed by atoms with van der Waals surface area (Å²) in [6, 6.07) is 11.4. The molecule has 6 heteroatoms. The fourth-order valence-electron chi connectivity index (χ4n) is 2.45. The van der Waals surface area contributed by atoms with Crippen LogP contribution >= 0.6 is 11.6 Å². The van der Waals surface area contributed by atoms with E-state index in [1.54, 1.807) is 35.8 Å². The van der Waals surface area contributed by atoms with Crippen molar-refractivity contribution in [3.8, 4) is 0 Å². The van der Waals surface area contributed by atoms with Crippen LogP contribution < -0.4 is 0 Å². The summed E-state index contributed by atoms with van der Waals surface area (Å²) in [4.78, 5) is 22.5. The molecule has 0 saturated heterocycles. The Bertz CT molecular complexity index is 818. The lowest BCUT2D eigenvalue weighted by Crippen LogP contribution is -2.30. The molecule has 0 unspecified atom stereocenters. The molecule has 0 fully saturated rings. The quantitative estimate of drug-likeness (QED) is 0.692. The van der Waals surface area contributed by atoms with Gasteiger partial charge in [0.25, 0.3) is 5.91 Å². The van der Waals surface area contributed by atoms with Crippen molar-refractivity contribution < 1.29 is 9.18 Å². The zero-order chi connectivity index (χ0) is 17.6. The Balaban J connectivity index is 1.90. The Morgan fingerprint density at radius 3 is 2.44 bits per heavy atom. The predicted octanol–water partition coefficient (Wildman–Crippen LogP) is 4.11. The molecule has 3 rings (SSSR count). The lowest BCUT2D eigenvalue weighted by molar-refractivity contribution is 0.0725. The highest BCUT2D eigenvalue weighted by molar-refractivity contribution is 6.30. The number of hydrogen-bond acceptors (Lipinski definition) is 3. The second-order valence-corrected chi connectivity index (χ2v) is 5.94. The molecule has 0 atom stereocenters. The van der Waals surface area contributed by atoms with Gasteiger partial charge in [-0.25, -0.2) is 4.39 Å². The third kappa shape index (κ3) is 4.39. The van der Waals surface area contributed by atoms with Gasteiger partial charge in [-0.15, -0.1) is 0 Å². The molecular formula is C19H15ClFN3O. The molecule has 0 radical (unpaired) electrons. The lowest BCUT2D eigenvalue weighted by atomic mass is 10.1. The molecule has 0 N–H and O–H groups in total. The first-order chi connectivity index (χ1) is 12.1. The van der Waals surface area contributed by atoms with E-state index in [1.165, 1.54) is 12.1 Å². The van der Waals surface area contributed by atoms with Crippen molar-refractivity contribution in [1.29, 1.82) is 0 Å². The SMILES string of the molecule is O=C(c1ccc(Cl)cc1F)N(Cc1ccncc1)Cc1cccnc1. The molecule has 0 aliphatic rings. The first-order valence-electron chi connectivity index (χ1n) is 7.65. The molecular weight excluding hydrogens is 341 g/mol. The van der Waals surface area contributed by atoms with Crippen molar-refractivity contribution in [1.82, 2.24) is 14.9 Å². The summed E-state index contributed by atoms with van der Waals surface area (Å²) in [6.45, 7) is 0.648. The van der Waals surface area contributed by atoms with Crippen LogP contribution in [0.25, 0.3) is 0 Å². The minimum absolute atomic E-state index is 0.0117. The van der Waals surface area contributed by atoms with Gasteiger partial charge in [-0.3, -0.25) is 14.8 Å². The summed E-state index contributed by atoms with van der Waals surface area (Å²) in [7, 11) is 0. The Hall–Kier alpha value is -2.79. The highest BCUT2D eigenvalue weighted by Crippen LogP contribution is 2.19. The van der Waals surface area contributed by atoms with E-state index in [0.717, 1.165) is 17.2 Å². The molecule has 0 saturated carbocycles. The highest BCUT2D eigenvalue weighted by atomic mass is 35.5. The summed E-state index contributed by atoms with van der Waals surface area (Å²) in [5.74, 6) is -1.04. The van der Waals surface area contributed by atoms with Crippen LogP contribution in [0.2, 0.25) is 5.02 Å². The fraction of sp³-hybridized carbons (Fsp3) is 0.105. The minimum atomic E-state index is -0.636. The zero-order valence-corrected chi connectivity index (χ0v) is 14.0. The third-order valence-corrected chi connectivity index (χ3v) is 3.90. The Morgan fingerprint density at radius 1 is 1.00 bits per heavy atom. The van der Waals surface area contributed by atoms with Gasteiger partial charge in [0, 0.05) is 42.9 Å². The molecule has 3 aromatic rings. The van der Waals surface area contributed by atoms with Crippen LogP contribution in [0.15, 0.2) is 67.3 Å². The van der Waals surface area contributed by atoms with Crippen LogP contribution in [0.3, 0.4) is 0 Å². The van der Waals surface area contributed by atoms with Gasteiger partial charge in [0.15, 0.2) is 0 Å². The lowest BCUT2D eigenvalue weighted by Gasteiger charge is -2.23. The summed E-state index contributed by atoms with van der Waals surface area (Å²) in [5, 5.41) is 0.252. The van der Waals surface area contributed by atoms with Crippen LogP contribution in [-0.4, -0.2) is 20.8 Å². The van der Waals surface area contributed by atoms with Crippen molar-refractivity contribution >= 4 is 17.5 Å². The number of pyridine rings is 2. The number of carbonyl (C=O) groups excluding carboxylic acids is 1. The van der Waals surface area contributed by atoms with Crippen molar-refractivity contribution in [2.75, 3.05) is 0 Å². The number of benzene rings is 1. The van der Waals surface area contributed by atoms with Gasteiger partial charge < -0.3 is 4.90 Å². The number of carbonyl (C=O) groups is 1. The maximum atomic E-state index is 14.2. The van der Waals surface area contributed by atoms with E-state index in [0.29, 0.717) is 13.1 Å². The van der Waals surface area contributed by atoms with E-state index in [-0.39, 0.29) is 10.6 Å². The number of hydrogen-bond donors (Lipinski definition) is 0. The Kier molecular flexibility index (Phi) is 5.36. The Labute approximate surface area is 149 Å². The molecule has 0 aliphatic heterocycles. The number of amides is 1. The first kappa shape index (κ1) is 17.0. The Morgan fingerprint density at radius 2 is 1.76 bits per heavy atom. The predicted molar refractivity (Wildman–Crippen MR) is 93.5 cm³/mol. The minimum Gasteiger partial charge on any atom is -0.330 e. The van der Waals surface area contributed by atoms with Gasteiger partial charge in [-0.1, -0.05) is 17.7 Å². The van der Waals surface area contributed by atoms with Gasteiger partial charge in [-0.2, -0.15) is 0 Å². The first-order valence-corrected chi connectivity index (χ1v) is 8.03. The van der Waals surface area contributed by atoms with Crippen LogP contribution in [-0.2, 0) is 13.1 Å². The van der Waals surface area contributed by atoms with E-state index in [1.807, 2.05) is 18.2 Å². The fourth-order valence-corrected chi connectivity index (χ4v) is 2.61. The number of rotatable bonds is 5. The van der Waals surface area contributed by atoms with Crippen LogP contribution in [0, 0.1) is 5.82 Å². The van der Waals surface area contributed by atoms with Crippen molar-refractivity contribution in [2.24, 2.45) is 0 Å². The smallest absolute Gasteiger partial charge is 0.257 e. The second-order valence-electron chi connectivity index (χ2n) is 5.50. The molecule has 25 heavy (non-hydrogen) atoms. The van der Waals surface area contributed by atoms with E-state index < -0.39 is 11.7 Å². The van der Waals surface area contributed by atoms with Crippen LogP contribution in [0.4, 0.5) is 4.39 Å². The normalized spacial score (nSPS) is 10.5. The maximum absolute atomic E-state index is 14.2. The molecule has 4 nitrogen and oxygen atoms in total. The van der Waals surface area contributed by atoms with Crippen molar-refractivity contribution in [3.05, 3.63) is 94.8 Å². The third-order valence-electron chi connectivity index (χ3n) is 3.67. The summed E-state index contributed by atoms with van der Waals surface area (Å²) < 4.78 is 14.2. The van der Waals surface area contributed by atoms with E-state index in [2.05, 4.69) is 9.97 Å². The van der Waals surface area contributed by atoms with Crippen LogP contribution in [0.5, 0.6) is 0 Å².